The summed E-state index contributed by atoms with van der Waals surface area (Å²) in [5.74, 6) is -0.909. The van der Waals surface area contributed by atoms with Crippen molar-refractivity contribution in [1.29, 1.82) is 0 Å². The van der Waals surface area contributed by atoms with Gasteiger partial charge in [0.1, 0.15) is 5.82 Å². The molecule has 3 aromatic rings. The number of carbonyl (C=O) groups excluding carboxylic acids is 1. The van der Waals surface area contributed by atoms with Gasteiger partial charge in [0.25, 0.3) is 5.91 Å². The van der Waals surface area contributed by atoms with Crippen LogP contribution in [0.5, 0.6) is 0 Å². The fourth-order valence-corrected chi connectivity index (χ4v) is 3.51. The first-order valence-corrected chi connectivity index (χ1v) is 10.6. The van der Waals surface area contributed by atoms with Crippen molar-refractivity contribution in [3.8, 4) is 0 Å². The summed E-state index contributed by atoms with van der Waals surface area (Å²) < 4.78 is 15.4. The lowest BCUT2D eigenvalue weighted by atomic mass is 10.1. The Hall–Kier alpha value is -2.35. The number of nitrogens with zero attached hydrogens (tertiary/aromatic N) is 1. The highest BCUT2D eigenvalue weighted by molar-refractivity contribution is 9.10. The van der Waals surface area contributed by atoms with Crippen LogP contribution in [0.15, 0.2) is 62.7 Å². The number of halogens is 4. The van der Waals surface area contributed by atoms with Crippen LogP contribution in [-0.2, 0) is 0 Å². The zero-order chi connectivity index (χ0) is 21.8. The summed E-state index contributed by atoms with van der Waals surface area (Å²) in [5.41, 5.74) is 1.78. The lowest BCUT2D eigenvalue weighted by Crippen LogP contribution is -2.13. The third-order valence-corrected chi connectivity index (χ3v) is 5.19. The molecule has 0 aliphatic heterocycles. The number of H-pyrrole nitrogens is 1. The zero-order valence-corrected chi connectivity index (χ0v) is 19.2. The van der Waals surface area contributed by atoms with Crippen molar-refractivity contribution >= 4 is 67.7 Å². The second-order valence-corrected chi connectivity index (χ2v) is 8.28. The fraction of sp³-hybridized carbons (Fsp3) is 0.143. The van der Waals surface area contributed by atoms with E-state index < -0.39 is 11.7 Å². The number of hydrogen-bond donors (Lipinski definition) is 3. The van der Waals surface area contributed by atoms with E-state index in [2.05, 4.69) is 36.5 Å². The number of fused-ring (bicyclic) bond motifs is 1. The second-order valence-electron chi connectivity index (χ2n) is 6.39. The summed E-state index contributed by atoms with van der Waals surface area (Å²) in [4.78, 5) is 19.9. The molecule has 3 N–H and O–H groups in total. The number of anilines is 2. The largest absolute Gasteiger partial charge is 0.324 e. The van der Waals surface area contributed by atoms with E-state index >= 15 is 0 Å². The molecule has 0 bridgehead atoms. The second kappa shape index (κ2) is 9.64. The lowest BCUT2D eigenvalue weighted by Gasteiger charge is -2.08. The van der Waals surface area contributed by atoms with Crippen molar-refractivity contribution in [3.05, 3.63) is 74.1 Å². The molecule has 3 rings (SSSR count). The minimum atomic E-state index is -0.666. The summed E-state index contributed by atoms with van der Waals surface area (Å²) >= 11 is 15.7. The fourth-order valence-electron chi connectivity index (χ4n) is 2.71. The molecule has 0 aliphatic rings. The molecule has 1 heterocycles. The Morgan fingerprint density at radius 2 is 1.93 bits per heavy atom. The average Bonchev–Trinajstić information content (AvgIpc) is 3.08. The first-order valence-electron chi connectivity index (χ1n) is 9.04. The van der Waals surface area contributed by atoms with Crippen LogP contribution in [0.1, 0.15) is 30.6 Å². The molecule has 0 saturated heterocycles. The Labute approximate surface area is 191 Å². The van der Waals surface area contributed by atoms with Crippen molar-refractivity contribution in [2.45, 2.75) is 20.3 Å². The molecule has 156 valence electrons. The van der Waals surface area contributed by atoms with E-state index in [9.17, 15) is 9.18 Å². The molecule has 30 heavy (non-hydrogen) atoms. The number of imidazole rings is 1. The van der Waals surface area contributed by atoms with Gasteiger partial charge in [-0.25, -0.2) is 9.37 Å². The van der Waals surface area contributed by atoms with Crippen molar-refractivity contribution in [2.75, 3.05) is 10.6 Å². The highest BCUT2D eigenvalue weighted by Crippen LogP contribution is 2.26. The van der Waals surface area contributed by atoms with Crippen LogP contribution >= 0.6 is 39.1 Å². The van der Waals surface area contributed by atoms with E-state index in [1.165, 1.54) is 12.1 Å². The van der Waals surface area contributed by atoms with Gasteiger partial charge in [0.15, 0.2) is 0 Å². The average molecular weight is 512 g/mol. The summed E-state index contributed by atoms with van der Waals surface area (Å²) in [6.45, 7) is 3.65. The van der Waals surface area contributed by atoms with Crippen molar-refractivity contribution < 1.29 is 9.18 Å². The molecule has 0 spiro atoms. The molecule has 0 radical (unpaired) electrons. The minimum absolute atomic E-state index is 0.114. The van der Waals surface area contributed by atoms with Crippen molar-refractivity contribution in [2.24, 2.45) is 0 Å². The quantitative estimate of drug-likeness (QED) is 0.308. The molecular formula is C21H18BrCl2FN4O. The van der Waals surface area contributed by atoms with Crippen LogP contribution in [0.2, 0.25) is 0 Å². The maximum Gasteiger partial charge on any atom is 0.258 e. The predicted octanol–water partition coefficient (Wildman–Crippen LogP) is 7.13. The van der Waals surface area contributed by atoms with Crippen molar-refractivity contribution in [3.63, 3.8) is 0 Å². The SMILES string of the molecule is CC/C=C(Cl)\C(Nc1nc2cc(C(=O)Nc3ccc(Br)cc3)c(F)cc2[nH]1)=C(/C)Cl. The highest BCUT2D eigenvalue weighted by Gasteiger charge is 2.16. The molecule has 5 nitrogen and oxygen atoms in total. The zero-order valence-electron chi connectivity index (χ0n) is 16.1. The number of nitrogens with one attached hydrogen (secondary N) is 3. The predicted molar refractivity (Wildman–Crippen MR) is 125 cm³/mol. The summed E-state index contributed by atoms with van der Waals surface area (Å²) in [6.07, 6.45) is 2.54. The smallest absolute Gasteiger partial charge is 0.258 e. The van der Waals surface area contributed by atoms with E-state index in [0.717, 1.165) is 10.9 Å². The molecule has 0 atom stereocenters. The van der Waals surface area contributed by atoms with Gasteiger partial charge in [-0.15, -0.1) is 0 Å². The van der Waals surface area contributed by atoms with Crippen LogP contribution in [0.4, 0.5) is 16.0 Å². The molecule has 0 saturated carbocycles. The van der Waals surface area contributed by atoms with E-state index in [1.807, 2.05) is 13.0 Å². The maximum absolute atomic E-state index is 14.6. The number of aromatic nitrogens is 2. The first kappa shape index (κ1) is 22.3. The van der Waals surface area contributed by atoms with Gasteiger partial charge in [0, 0.05) is 21.3 Å². The summed E-state index contributed by atoms with van der Waals surface area (Å²) in [5, 5.41) is 6.59. The summed E-state index contributed by atoms with van der Waals surface area (Å²) in [6, 6.07) is 9.60. The van der Waals surface area contributed by atoms with Crippen LogP contribution < -0.4 is 10.6 Å². The van der Waals surface area contributed by atoms with Gasteiger partial charge in [-0.05, 0) is 43.7 Å². The topological polar surface area (TPSA) is 69.8 Å². The van der Waals surface area contributed by atoms with E-state index in [0.29, 0.717) is 38.4 Å². The first-order chi connectivity index (χ1) is 14.3. The molecule has 9 heteroatoms. The molecule has 0 fully saturated rings. The standard InChI is InChI=1S/C21H18BrCl2FN4O/c1-3-4-15(24)19(11(2)23)29-21-27-17-9-14(16(25)10-18(17)28-21)20(30)26-13-7-5-12(22)6-8-13/h4-10H,3H2,1-2H3,(H,26,30)(H2,27,28,29)/b15-4+,19-11-. The van der Waals surface area contributed by atoms with E-state index in [-0.39, 0.29) is 5.56 Å². The Bertz CT molecular complexity index is 1150. The number of rotatable bonds is 6. The number of allylic oxidation sites excluding steroid dienone is 3. The Kier molecular flexibility index (Phi) is 7.18. The third kappa shape index (κ3) is 5.22. The third-order valence-electron chi connectivity index (χ3n) is 4.13. The maximum atomic E-state index is 14.6. The molecule has 2 aromatic carbocycles. The van der Waals surface area contributed by atoms with E-state index in [4.69, 9.17) is 23.2 Å². The molecule has 1 aromatic heterocycles. The Morgan fingerprint density at radius 1 is 1.23 bits per heavy atom. The Balaban J connectivity index is 1.89. The van der Waals surface area contributed by atoms with Crippen LogP contribution in [0.3, 0.4) is 0 Å². The molecule has 1 amide bonds. The number of aromatic amines is 1. The lowest BCUT2D eigenvalue weighted by molar-refractivity contribution is 0.102. The monoisotopic (exact) mass is 510 g/mol. The number of hydrogen-bond acceptors (Lipinski definition) is 3. The van der Waals surface area contributed by atoms with Gasteiger partial charge >= 0.3 is 0 Å². The van der Waals surface area contributed by atoms with Crippen LogP contribution in [0, 0.1) is 5.82 Å². The van der Waals surface area contributed by atoms with Gasteiger partial charge in [-0.1, -0.05) is 52.1 Å². The minimum Gasteiger partial charge on any atom is -0.324 e. The molecule has 0 aliphatic carbocycles. The Morgan fingerprint density at radius 3 is 2.57 bits per heavy atom. The van der Waals surface area contributed by atoms with Gasteiger partial charge in [0.05, 0.1) is 27.3 Å². The van der Waals surface area contributed by atoms with Crippen LogP contribution in [-0.4, -0.2) is 15.9 Å². The van der Waals surface area contributed by atoms with Gasteiger partial charge in [0.2, 0.25) is 5.95 Å². The van der Waals surface area contributed by atoms with Gasteiger partial charge < -0.3 is 15.6 Å². The van der Waals surface area contributed by atoms with Gasteiger partial charge in [-0.2, -0.15) is 0 Å². The number of carbonyl (C=O) groups is 1. The van der Waals surface area contributed by atoms with Crippen molar-refractivity contribution in [1.82, 2.24) is 9.97 Å². The number of benzene rings is 2. The molecular weight excluding hydrogens is 494 g/mol. The molecule has 0 unspecified atom stereocenters. The summed E-state index contributed by atoms with van der Waals surface area (Å²) in [7, 11) is 0. The van der Waals surface area contributed by atoms with E-state index in [1.54, 1.807) is 31.2 Å². The highest BCUT2D eigenvalue weighted by atomic mass is 79.9. The van der Waals surface area contributed by atoms with Crippen LogP contribution in [0.25, 0.3) is 11.0 Å². The van der Waals surface area contributed by atoms with Gasteiger partial charge in [-0.3, -0.25) is 4.79 Å². The number of amides is 1. The normalized spacial score (nSPS) is 12.7.